The van der Waals surface area contributed by atoms with Crippen LogP contribution >= 0.6 is 0 Å². The SMILES string of the molecule is CC(C)(C)OC(=O)NC[C@H]1C[C@@H]2CN(Cc3ccccc3)C[C@@H]2C1. The van der Waals surface area contributed by atoms with Gasteiger partial charge in [-0.3, -0.25) is 4.90 Å². The quantitative estimate of drug-likeness (QED) is 0.916. The van der Waals surface area contributed by atoms with Gasteiger partial charge in [-0.1, -0.05) is 30.3 Å². The number of likely N-dealkylation sites (tertiary alicyclic amines) is 1. The second kappa shape index (κ2) is 7.14. The van der Waals surface area contributed by atoms with Gasteiger partial charge in [0.15, 0.2) is 0 Å². The predicted molar refractivity (Wildman–Crippen MR) is 95.7 cm³/mol. The number of nitrogens with zero attached hydrogens (tertiary/aromatic N) is 1. The number of nitrogens with one attached hydrogen (secondary N) is 1. The van der Waals surface area contributed by atoms with E-state index in [0.29, 0.717) is 5.92 Å². The van der Waals surface area contributed by atoms with E-state index in [0.717, 1.165) is 24.9 Å². The van der Waals surface area contributed by atoms with Crippen molar-refractivity contribution >= 4 is 6.09 Å². The number of ether oxygens (including phenoxy) is 1. The van der Waals surface area contributed by atoms with E-state index in [2.05, 4.69) is 40.5 Å². The van der Waals surface area contributed by atoms with Crippen molar-refractivity contribution in [2.75, 3.05) is 19.6 Å². The van der Waals surface area contributed by atoms with Crippen molar-refractivity contribution in [3.63, 3.8) is 0 Å². The molecule has 4 nitrogen and oxygen atoms in total. The average molecular weight is 330 g/mol. The number of amides is 1. The van der Waals surface area contributed by atoms with Gasteiger partial charge < -0.3 is 10.1 Å². The molecule has 0 bridgehead atoms. The van der Waals surface area contributed by atoms with Crippen LogP contribution in [0.4, 0.5) is 4.79 Å². The standard InChI is InChI=1S/C20H30N2O2/c1-20(2,3)24-19(23)21-11-16-9-17-13-22(14-18(17)10-16)12-15-7-5-4-6-8-15/h4-8,16-18H,9-14H2,1-3H3,(H,21,23)/t16-,17+,18-. The Morgan fingerprint density at radius 3 is 2.38 bits per heavy atom. The Morgan fingerprint density at radius 1 is 1.17 bits per heavy atom. The molecule has 1 aromatic rings. The third-order valence-corrected chi connectivity index (χ3v) is 5.11. The third kappa shape index (κ3) is 4.73. The van der Waals surface area contributed by atoms with Gasteiger partial charge in [-0.05, 0) is 56.9 Å². The molecule has 0 unspecified atom stereocenters. The number of carbonyl (C=O) groups excluding carboxylic acids is 1. The summed E-state index contributed by atoms with van der Waals surface area (Å²) in [6.45, 7) is 9.90. The molecule has 3 rings (SSSR count). The molecule has 4 heteroatoms. The lowest BCUT2D eigenvalue weighted by Crippen LogP contribution is -2.35. The molecule has 0 aromatic heterocycles. The lowest BCUT2D eigenvalue weighted by atomic mass is 10.0. The van der Waals surface area contributed by atoms with Crippen LogP contribution in [0.25, 0.3) is 0 Å². The molecule has 1 N–H and O–H groups in total. The molecule has 2 fully saturated rings. The van der Waals surface area contributed by atoms with Gasteiger partial charge in [0.2, 0.25) is 0 Å². The number of benzene rings is 1. The van der Waals surface area contributed by atoms with Gasteiger partial charge in [0.1, 0.15) is 5.60 Å². The first-order valence-electron chi connectivity index (χ1n) is 9.12. The fourth-order valence-electron chi connectivity index (χ4n) is 4.20. The van der Waals surface area contributed by atoms with Gasteiger partial charge in [0, 0.05) is 26.2 Å². The van der Waals surface area contributed by atoms with E-state index in [-0.39, 0.29) is 6.09 Å². The molecule has 0 radical (unpaired) electrons. The van der Waals surface area contributed by atoms with E-state index in [4.69, 9.17) is 4.74 Å². The predicted octanol–water partition coefficient (Wildman–Crippen LogP) is 3.67. The van der Waals surface area contributed by atoms with Crippen LogP contribution in [0.2, 0.25) is 0 Å². The van der Waals surface area contributed by atoms with E-state index in [1.54, 1.807) is 0 Å². The summed E-state index contributed by atoms with van der Waals surface area (Å²) in [4.78, 5) is 14.4. The first kappa shape index (κ1) is 17.3. The molecule has 1 aliphatic carbocycles. The maximum atomic E-state index is 11.8. The molecule has 1 amide bonds. The van der Waals surface area contributed by atoms with E-state index >= 15 is 0 Å². The highest BCUT2D eigenvalue weighted by molar-refractivity contribution is 5.67. The zero-order valence-electron chi connectivity index (χ0n) is 15.1. The summed E-state index contributed by atoms with van der Waals surface area (Å²) in [6.07, 6.45) is 2.17. The van der Waals surface area contributed by atoms with Crippen LogP contribution in [-0.4, -0.2) is 36.2 Å². The Hall–Kier alpha value is -1.55. The Balaban J connectivity index is 1.40. The lowest BCUT2D eigenvalue weighted by Gasteiger charge is -2.21. The van der Waals surface area contributed by atoms with E-state index < -0.39 is 5.60 Å². The van der Waals surface area contributed by atoms with Crippen molar-refractivity contribution in [1.29, 1.82) is 0 Å². The first-order chi connectivity index (χ1) is 11.4. The summed E-state index contributed by atoms with van der Waals surface area (Å²) in [5.41, 5.74) is 0.981. The second-order valence-corrected chi connectivity index (χ2v) is 8.42. The zero-order valence-corrected chi connectivity index (χ0v) is 15.1. The fraction of sp³-hybridized carbons (Fsp3) is 0.650. The van der Waals surface area contributed by atoms with Crippen molar-refractivity contribution in [2.24, 2.45) is 17.8 Å². The van der Waals surface area contributed by atoms with Gasteiger partial charge in [-0.2, -0.15) is 0 Å². The molecule has 1 aromatic carbocycles. The van der Waals surface area contributed by atoms with Crippen LogP contribution in [0, 0.1) is 17.8 Å². The number of hydrogen-bond acceptors (Lipinski definition) is 3. The minimum atomic E-state index is -0.422. The van der Waals surface area contributed by atoms with Gasteiger partial charge in [-0.15, -0.1) is 0 Å². The molecule has 3 atom stereocenters. The maximum absolute atomic E-state index is 11.8. The number of carbonyl (C=O) groups is 1. The Kier molecular flexibility index (Phi) is 5.14. The molecule has 1 saturated heterocycles. The van der Waals surface area contributed by atoms with Crippen molar-refractivity contribution < 1.29 is 9.53 Å². The van der Waals surface area contributed by atoms with E-state index in [9.17, 15) is 4.79 Å². The third-order valence-electron chi connectivity index (χ3n) is 5.11. The Labute approximate surface area is 145 Å². The number of fused-ring (bicyclic) bond motifs is 1. The minimum Gasteiger partial charge on any atom is -0.444 e. The summed E-state index contributed by atoms with van der Waals surface area (Å²) in [6, 6.07) is 10.7. The molecule has 1 aliphatic heterocycles. The highest BCUT2D eigenvalue weighted by Crippen LogP contribution is 2.41. The molecule has 0 spiro atoms. The minimum absolute atomic E-state index is 0.287. The maximum Gasteiger partial charge on any atom is 0.407 e. The molecular weight excluding hydrogens is 300 g/mol. The van der Waals surface area contributed by atoms with Crippen LogP contribution in [0.3, 0.4) is 0 Å². The molecule has 24 heavy (non-hydrogen) atoms. The van der Waals surface area contributed by atoms with Crippen LogP contribution < -0.4 is 5.32 Å². The molecule has 1 heterocycles. The summed E-state index contributed by atoms with van der Waals surface area (Å²) in [7, 11) is 0. The van der Waals surface area contributed by atoms with Crippen molar-refractivity contribution in [2.45, 2.75) is 45.8 Å². The smallest absolute Gasteiger partial charge is 0.407 e. The molecular formula is C20H30N2O2. The molecule has 132 valence electrons. The monoisotopic (exact) mass is 330 g/mol. The summed E-state index contributed by atoms with van der Waals surface area (Å²) in [5, 5.41) is 2.95. The van der Waals surface area contributed by atoms with Crippen molar-refractivity contribution in [1.82, 2.24) is 10.2 Å². The number of alkyl carbamates (subject to hydrolysis) is 1. The topological polar surface area (TPSA) is 41.6 Å². The van der Waals surface area contributed by atoms with Gasteiger partial charge in [0.25, 0.3) is 0 Å². The fourth-order valence-corrected chi connectivity index (χ4v) is 4.20. The van der Waals surface area contributed by atoms with E-state index in [1.165, 1.54) is 31.5 Å². The van der Waals surface area contributed by atoms with Crippen LogP contribution in [0.15, 0.2) is 30.3 Å². The molecule has 2 aliphatic rings. The van der Waals surface area contributed by atoms with Gasteiger partial charge in [-0.25, -0.2) is 4.79 Å². The summed E-state index contributed by atoms with van der Waals surface area (Å²) in [5.74, 6) is 2.18. The highest BCUT2D eigenvalue weighted by Gasteiger charge is 2.40. The normalized spacial score (nSPS) is 27.0. The second-order valence-electron chi connectivity index (χ2n) is 8.42. The summed E-state index contributed by atoms with van der Waals surface area (Å²) >= 11 is 0. The van der Waals surface area contributed by atoms with E-state index in [1.807, 2.05) is 20.8 Å². The summed E-state index contributed by atoms with van der Waals surface area (Å²) < 4.78 is 5.32. The Morgan fingerprint density at radius 2 is 1.79 bits per heavy atom. The first-order valence-corrected chi connectivity index (χ1v) is 9.12. The van der Waals surface area contributed by atoms with Crippen LogP contribution in [-0.2, 0) is 11.3 Å². The van der Waals surface area contributed by atoms with Crippen LogP contribution in [0.1, 0.15) is 39.2 Å². The van der Waals surface area contributed by atoms with Crippen molar-refractivity contribution in [3.8, 4) is 0 Å². The van der Waals surface area contributed by atoms with Gasteiger partial charge in [0.05, 0.1) is 0 Å². The largest absolute Gasteiger partial charge is 0.444 e. The Bertz CT molecular complexity index is 539. The zero-order chi connectivity index (χ0) is 17.2. The number of rotatable bonds is 4. The average Bonchev–Trinajstić information content (AvgIpc) is 3.02. The number of hydrogen-bond donors (Lipinski definition) is 1. The van der Waals surface area contributed by atoms with Crippen LogP contribution in [0.5, 0.6) is 0 Å². The lowest BCUT2D eigenvalue weighted by molar-refractivity contribution is 0.0518. The van der Waals surface area contributed by atoms with Gasteiger partial charge >= 0.3 is 6.09 Å². The highest BCUT2D eigenvalue weighted by atomic mass is 16.6. The van der Waals surface area contributed by atoms with Crippen molar-refractivity contribution in [3.05, 3.63) is 35.9 Å². The molecule has 1 saturated carbocycles.